The molecular formula is C18H29N5O. The van der Waals surface area contributed by atoms with Crippen LogP contribution in [0, 0.1) is 5.92 Å². The standard InChI is InChI=1S/C18H29N5O/c1-21-9-3-4-14-13-22(10-7-17(14)21)18(24)16-6-11-23(20-16)15-5-2-8-19-12-15/h6,11,14-15,17,19H,2-5,7-10,12-13H2,1H3. The van der Waals surface area contributed by atoms with Crippen molar-refractivity contribution in [3.63, 3.8) is 0 Å². The van der Waals surface area contributed by atoms with Gasteiger partial charge in [0.25, 0.3) is 5.91 Å². The fourth-order valence-electron chi connectivity index (χ4n) is 4.71. The molecule has 4 rings (SSSR count). The number of rotatable bonds is 2. The fourth-order valence-corrected chi connectivity index (χ4v) is 4.71. The lowest BCUT2D eigenvalue weighted by molar-refractivity contribution is 0.0312. The molecule has 0 aliphatic carbocycles. The molecule has 24 heavy (non-hydrogen) atoms. The van der Waals surface area contributed by atoms with Gasteiger partial charge in [0, 0.05) is 31.9 Å². The first-order valence-electron chi connectivity index (χ1n) is 9.48. The van der Waals surface area contributed by atoms with Crippen LogP contribution in [0.2, 0.25) is 0 Å². The Labute approximate surface area is 144 Å². The minimum Gasteiger partial charge on any atom is -0.337 e. The number of aromatic nitrogens is 2. The van der Waals surface area contributed by atoms with Gasteiger partial charge in [-0.1, -0.05) is 0 Å². The molecule has 3 fully saturated rings. The van der Waals surface area contributed by atoms with Crippen LogP contribution in [0.4, 0.5) is 0 Å². The highest BCUT2D eigenvalue weighted by Crippen LogP contribution is 2.30. The highest BCUT2D eigenvalue weighted by Gasteiger charge is 2.36. The van der Waals surface area contributed by atoms with Crippen molar-refractivity contribution in [3.8, 4) is 0 Å². The Morgan fingerprint density at radius 3 is 3.00 bits per heavy atom. The molecule has 3 aliphatic rings. The van der Waals surface area contributed by atoms with Crippen LogP contribution in [0.25, 0.3) is 0 Å². The third-order valence-corrected chi connectivity index (χ3v) is 6.11. The van der Waals surface area contributed by atoms with Crippen LogP contribution < -0.4 is 5.32 Å². The second kappa shape index (κ2) is 6.84. The average molecular weight is 331 g/mol. The van der Waals surface area contributed by atoms with E-state index in [1.807, 2.05) is 21.8 Å². The number of nitrogens with one attached hydrogen (secondary N) is 1. The zero-order valence-electron chi connectivity index (χ0n) is 14.7. The quantitative estimate of drug-likeness (QED) is 0.889. The predicted molar refractivity (Wildman–Crippen MR) is 93.0 cm³/mol. The summed E-state index contributed by atoms with van der Waals surface area (Å²) in [7, 11) is 2.23. The Bertz CT molecular complexity index is 580. The highest BCUT2D eigenvalue weighted by atomic mass is 16.2. The zero-order valence-corrected chi connectivity index (χ0v) is 14.7. The van der Waals surface area contributed by atoms with E-state index in [0.29, 0.717) is 23.7 Å². The largest absolute Gasteiger partial charge is 0.337 e. The molecule has 0 radical (unpaired) electrons. The van der Waals surface area contributed by atoms with Crippen molar-refractivity contribution in [2.75, 3.05) is 39.8 Å². The van der Waals surface area contributed by atoms with E-state index in [0.717, 1.165) is 39.0 Å². The van der Waals surface area contributed by atoms with Crippen molar-refractivity contribution in [3.05, 3.63) is 18.0 Å². The van der Waals surface area contributed by atoms with Gasteiger partial charge in [-0.2, -0.15) is 5.10 Å². The second-order valence-electron chi connectivity index (χ2n) is 7.67. The van der Waals surface area contributed by atoms with Gasteiger partial charge >= 0.3 is 0 Å². The van der Waals surface area contributed by atoms with E-state index in [1.165, 1.54) is 25.8 Å². The van der Waals surface area contributed by atoms with E-state index in [1.54, 1.807) is 0 Å². The summed E-state index contributed by atoms with van der Waals surface area (Å²) in [4.78, 5) is 17.4. The molecular weight excluding hydrogens is 302 g/mol. The molecule has 6 heteroatoms. The first kappa shape index (κ1) is 16.1. The number of carbonyl (C=O) groups is 1. The van der Waals surface area contributed by atoms with E-state index in [-0.39, 0.29) is 5.91 Å². The maximum Gasteiger partial charge on any atom is 0.274 e. The summed E-state index contributed by atoms with van der Waals surface area (Å²) < 4.78 is 1.99. The monoisotopic (exact) mass is 331 g/mol. The third-order valence-electron chi connectivity index (χ3n) is 6.11. The maximum atomic E-state index is 12.9. The molecule has 3 atom stereocenters. The minimum absolute atomic E-state index is 0.115. The topological polar surface area (TPSA) is 53.4 Å². The fraction of sp³-hybridized carbons (Fsp3) is 0.778. The van der Waals surface area contributed by atoms with Gasteiger partial charge in [0.05, 0.1) is 6.04 Å². The van der Waals surface area contributed by atoms with Crippen LogP contribution in [0.1, 0.15) is 48.6 Å². The van der Waals surface area contributed by atoms with Gasteiger partial charge in [0.1, 0.15) is 5.69 Å². The van der Waals surface area contributed by atoms with Crippen molar-refractivity contribution in [2.45, 2.75) is 44.2 Å². The number of carbonyl (C=O) groups excluding carboxylic acids is 1. The number of likely N-dealkylation sites (tertiary alicyclic amines) is 2. The van der Waals surface area contributed by atoms with Crippen LogP contribution in [0.5, 0.6) is 0 Å². The van der Waals surface area contributed by atoms with E-state index in [9.17, 15) is 4.79 Å². The molecule has 3 unspecified atom stereocenters. The molecule has 3 saturated heterocycles. The molecule has 1 amide bonds. The normalized spacial score (nSPS) is 31.7. The van der Waals surface area contributed by atoms with Crippen LogP contribution >= 0.6 is 0 Å². The van der Waals surface area contributed by atoms with Gasteiger partial charge in [-0.3, -0.25) is 9.48 Å². The summed E-state index contributed by atoms with van der Waals surface area (Å²) in [5, 5.41) is 8.01. The SMILES string of the molecule is CN1CCCC2CN(C(=O)c3ccn(C4CCCNC4)n3)CCC21. The number of fused-ring (bicyclic) bond motifs is 1. The lowest BCUT2D eigenvalue weighted by Crippen LogP contribution is -2.54. The molecule has 1 N–H and O–H groups in total. The maximum absolute atomic E-state index is 12.9. The van der Waals surface area contributed by atoms with Gasteiger partial charge in [0.15, 0.2) is 0 Å². The predicted octanol–water partition coefficient (Wildman–Crippen LogP) is 1.36. The number of hydrogen-bond acceptors (Lipinski definition) is 4. The molecule has 132 valence electrons. The summed E-state index contributed by atoms with van der Waals surface area (Å²) >= 11 is 0. The molecule has 1 aromatic heterocycles. The zero-order chi connectivity index (χ0) is 16.5. The van der Waals surface area contributed by atoms with Gasteiger partial charge in [-0.15, -0.1) is 0 Å². The smallest absolute Gasteiger partial charge is 0.274 e. The molecule has 0 spiro atoms. The van der Waals surface area contributed by atoms with Crippen molar-refractivity contribution in [1.29, 1.82) is 0 Å². The Morgan fingerprint density at radius 1 is 1.25 bits per heavy atom. The lowest BCUT2D eigenvalue weighted by atomic mass is 9.84. The van der Waals surface area contributed by atoms with E-state index in [4.69, 9.17) is 0 Å². The van der Waals surface area contributed by atoms with Crippen molar-refractivity contribution >= 4 is 5.91 Å². The van der Waals surface area contributed by atoms with Gasteiger partial charge in [-0.05, 0) is 64.2 Å². The molecule has 3 aliphatic heterocycles. The highest BCUT2D eigenvalue weighted by molar-refractivity contribution is 5.92. The second-order valence-corrected chi connectivity index (χ2v) is 7.67. The Morgan fingerprint density at radius 2 is 2.17 bits per heavy atom. The van der Waals surface area contributed by atoms with Crippen molar-refractivity contribution in [2.24, 2.45) is 5.92 Å². The first-order chi connectivity index (χ1) is 11.7. The molecule has 0 saturated carbocycles. The van der Waals surface area contributed by atoms with Crippen molar-refractivity contribution < 1.29 is 4.79 Å². The van der Waals surface area contributed by atoms with Crippen LogP contribution in [-0.4, -0.2) is 71.3 Å². The number of nitrogens with zero attached hydrogens (tertiary/aromatic N) is 4. The van der Waals surface area contributed by atoms with E-state index in [2.05, 4.69) is 22.4 Å². The van der Waals surface area contributed by atoms with E-state index < -0.39 is 0 Å². The van der Waals surface area contributed by atoms with E-state index >= 15 is 0 Å². The number of hydrogen-bond donors (Lipinski definition) is 1. The Kier molecular flexibility index (Phi) is 4.59. The first-order valence-corrected chi connectivity index (χ1v) is 9.48. The summed E-state index contributed by atoms with van der Waals surface area (Å²) in [5.41, 5.74) is 0.614. The third kappa shape index (κ3) is 3.09. The van der Waals surface area contributed by atoms with Crippen LogP contribution in [-0.2, 0) is 0 Å². The van der Waals surface area contributed by atoms with Crippen molar-refractivity contribution in [1.82, 2.24) is 24.9 Å². The van der Waals surface area contributed by atoms with Gasteiger partial charge < -0.3 is 15.1 Å². The molecule has 1 aromatic rings. The lowest BCUT2D eigenvalue weighted by Gasteiger charge is -2.45. The summed E-state index contributed by atoms with van der Waals surface area (Å²) in [6.07, 6.45) is 7.90. The van der Waals surface area contributed by atoms with Crippen LogP contribution in [0.3, 0.4) is 0 Å². The molecule has 0 bridgehead atoms. The number of amides is 1. The Hall–Kier alpha value is -1.40. The summed E-state index contributed by atoms with van der Waals surface area (Å²) in [5.74, 6) is 0.746. The van der Waals surface area contributed by atoms with Crippen LogP contribution in [0.15, 0.2) is 12.3 Å². The van der Waals surface area contributed by atoms with Gasteiger partial charge in [-0.25, -0.2) is 0 Å². The molecule has 4 heterocycles. The number of piperidine rings is 3. The van der Waals surface area contributed by atoms with Gasteiger partial charge in [0.2, 0.25) is 0 Å². The average Bonchev–Trinajstić information content (AvgIpc) is 3.12. The Balaban J connectivity index is 1.41. The minimum atomic E-state index is 0.115. The molecule has 6 nitrogen and oxygen atoms in total. The summed E-state index contributed by atoms with van der Waals surface area (Å²) in [6.45, 7) is 5.01. The molecule has 0 aromatic carbocycles. The summed E-state index contributed by atoms with van der Waals surface area (Å²) in [6, 6.07) is 2.95.